The Bertz CT molecular complexity index is 963. The molecular formula is C15H9F5O5S. The molecule has 26 heavy (non-hydrogen) atoms. The summed E-state index contributed by atoms with van der Waals surface area (Å²) >= 11 is 0. The van der Waals surface area contributed by atoms with Gasteiger partial charge in [0.25, 0.3) is 0 Å². The van der Waals surface area contributed by atoms with E-state index in [-0.39, 0.29) is 24.3 Å². The van der Waals surface area contributed by atoms with Gasteiger partial charge in [0, 0.05) is 18.1 Å². The molecule has 0 spiro atoms. The van der Waals surface area contributed by atoms with Crippen LogP contribution >= 0.6 is 0 Å². The van der Waals surface area contributed by atoms with Crippen molar-refractivity contribution in [1.82, 2.24) is 0 Å². The molecule has 1 unspecified atom stereocenters. The van der Waals surface area contributed by atoms with Gasteiger partial charge in [0.05, 0.1) is 12.7 Å². The monoisotopic (exact) mass is 396 g/mol. The van der Waals surface area contributed by atoms with Crippen LogP contribution in [0.15, 0.2) is 23.1 Å². The smallest absolute Gasteiger partial charge is 0.339 e. The molecule has 1 aliphatic heterocycles. The van der Waals surface area contributed by atoms with Crippen LogP contribution in [0.5, 0.6) is 11.5 Å². The summed E-state index contributed by atoms with van der Waals surface area (Å²) in [6, 6.07) is 3.05. The quantitative estimate of drug-likeness (QED) is 0.374. The minimum atomic E-state index is -4.95. The van der Waals surface area contributed by atoms with Gasteiger partial charge in [0.15, 0.2) is 0 Å². The van der Waals surface area contributed by atoms with Crippen molar-refractivity contribution in [3.63, 3.8) is 0 Å². The van der Waals surface area contributed by atoms with E-state index in [9.17, 15) is 35.5 Å². The molecule has 1 aliphatic rings. The highest BCUT2D eigenvalue weighted by atomic mass is 32.2. The SMILES string of the molecule is O=S(=O)(Oc1c(F)c(F)c(F)c(F)c1F)c1ccc2c(c1)OCCC2O. The first-order valence-electron chi connectivity index (χ1n) is 7.04. The predicted octanol–water partition coefficient (Wildman–Crippen LogP) is 2.97. The van der Waals surface area contributed by atoms with Gasteiger partial charge in [-0.1, -0.05) is 6.07 Å². The highest BCUT2D eigenvalue weighted by molar-refractivity contribution is 7.87. The second-order valence-corrected chi connectivity index (χ2v) is 6.84. The zero-order valence-electron chi connectivity index (χ0n) is 12.6. The highest BCUT2D eigenvalue weighted by Crippen LogP contribution is 2.35. The Morgan fingerprint density at radius 1 is 1.00 bits per heavy atom. The van der Waals surface area contributed by atoms with Crippen LogP contribution in [-0.2, 0) is 10.1 Å². The van der Waals surface area contributed by atoms with Crippen LogP contribution in [0.25, 0.3) is 0 Å². The van der Waals surface area contributed by atoms with E-state index >= 15 is 0 Å². The predicted molar refractivity (Wildman–Crippen MR) is 75.6 cm³/mol. The van der Waals surface area contributed by atoms with Gasteiger partial charge in [-0.15, -0.1) is 0 Å². The van der Waals surface area contributed by atoms with E-state index in [0.29, 0.717) is 0 Å². The van der Waals surface area contributed by atoms with Crippen LogP contribution in [0.1, 0.15) is 18.1 Å². The molecule has 3 rings (SSSR count). The summed E-state index contributed by atoms with van der Waals surface area (Å²) in [6.07, 6.45) is -0.619. The Morgan fingerprint density at radius 3 is 2.19 bits per heavy atom. The number of hydrogen-bond donors (Lipinski definition) is 1. The maximum absolute atomic E-state index is 13.6. The van der Waals surface area contributed by atoms with E-state index in [1.54, 1.807) is 0 Å². The molecule has 11 heteroatoms. The first-order valence-corrected chi connectivity index (χ1v) is 8.45. The number of rotatable bonds is 3. The van der Waals surface area contributed by atoms with Crippen molar-refractivity contribution in [3.8, 4) is 11.5 Å². The molecule has 0 saturated heterocycles. The number of aliphatic hydroxyl groups is 1. The molecule has 2 aromatic carbocycles. The Labute approximate surface area is 143 Å². The molecule has 0 radical (unpaired) electrons. The molecule has 0 saturated carbocycles. The van der Waals surface area contributed by atoms with Crippen LogP contribution < -0.4 is 8.92 Å². The molecule has 2 aromatic rings. The molecule has 140 valence electrons. The number of aliphatic hydroxyl groups excluding tert-OH is 1. The normalized spacial score (nSPS) is 16.8. The number of hydrogen-bond acceptors (Lipinski definition) is 5. The average Bonchev–Trinajstić information content (AvgIpc) is 2.62. The summed E-state index contributed by atoms with van der Waals surface area (Å²) in [5, 5.41) is 9.77. The Kier molecular flexibility index (Phi) is 4.53. The van der Waals surface area contributed by atoms with Crippen LogP contribution in [0.4, 0.5) is 22.0 Å². The Morgan fingerprint density at radius 2 is 1.58 bits per heavy atom. The van der Waals surface area contributed by atoms with Crippen molar-refractivity contribution in [1.29, 1.82) is 0 Å². The van der Waals surface area contributed by atoms with Crippen molar-refractivity contribution in [2.24, 2.45) is 0 Å². The van der Waals surface area contributed by atoms with Crippen LogP contribution in [-0.4, -0.2) is 20.1 Å². The third-order valence-corrected chi connectivity index (χ3v) is 4.86. The number of ether oxygens (including phenoxy) is 1. The van der Waals surface area contributed by atoms with E-state index < -0.39 is 56.0 Å². The molecule has 0 fully saturated rings. The van der Waals surface area contributed by atoms with Gasteiger partial charge in [0.2, 0.25) is 34.8 Å². The Balaban J connectivity index is 2.04. The molecular weight excluding hydrogens is 387 g/mol. The average molecular weight is 396 g/mol. The lowest BCUT2D eigenvalue weighted by atomic mass is 10.0. The molecule has 0 bridgehead atoms. The second kappa shape index (κ2) is 6.40. The summed E-state index contributed by atoms with van der Waals surface area (Å²) < 4.78 is 100. The molecule has 0 aliphatic carbocycles. The third kappa shape index (κ3) is 2.97. The van der Waals surface area contributed by atoms with Crippen molar-refractivity contribution in [2.45, 2.75) is 17.4 Å². The first-order chi connectivity index (χ1) is 12.1. The number of halogens is 5. The summed E-state index contributed by atoms with van der Waals surface area (Å²) in [6.45, 7) is 0.0934. The van der Waals surface area contributed by atoms with Crippen LogP contribution in [0, 0.1) is 29.1 Å². The van der Waals surface area contributed by atoms with Gasteiger partial charge in [-0.2, -0.15) is 17.2 Å². The van der Waals surface area contributed by atoms with Crippen molar-refractivity contribution < 1.29 is 44.4 Å². The van der Waals surface area contributed by atoms with Crippen LogP contribution in [0.2, 0.25) is 0 Å². The molecule has 0 amide bonds. The molecule has 1 heterocycles. The van der Waals surface area contributed by atoms with E-state index in [4.69, 9.17) is 4.74 Å². The zero-order chi connectivity index (χ0) is 19.2. The summed E-state index contributed by atoms with van der Waals surface area (Å²) in [5.41, 5.74) is 0.284. The number of fused-ring (bicyclic) bond motifs is 1. The fourth-order valence-corrected chi connectivity index (χ4v) is 3.27. The lowest BCUT2D eigenvalue weighted by Crippen LogP contribution is -2.17. The lowest BCUT2D eigenvalue weighted by molar-refractivity contribution is 0.115. The second-order valence-electron chi connectivity index (χ2n) is 5.29. The van der Waals surface area contributed by atoms with E-state index in [0.717, 1.165) is 12.1 Å². The van der Waals surface area contributed by atoms with E-state index in [1.807, 2.05) is 0 Å². The summed E-state index contributed by atoms with van der Waals surface area (Å²) in [4.78, 5) is -0.658. The maximum Gasteiger partial charge on any atom is 0.339 e. The summed E-state index contributed by atoms with van der Waals surface area (Å²) in [7, 11) is -4.95. The highest BCUT2D eigenvalue weighted by Gasteiger charge is 2.31. The fourth-order valence-electron chi connectivity index (χ4n) is 2.32. The molecule has 1 atom stereocenters. The van der Waals surface area contributed by atoms with Gasteiger partial charge in [-0.3, -0.25) is 0 Å². The maximum atomic E-state index is 13.6. The minimum Gasteiger partial charge on any atom is -0.493 e. The minimum absolute atomic E-state index is 0.00849. The Hall–Kier alpha value is -2.40. The standard InChI is InChI=1S/C15H9F5O5S/c16-10-11(17)13(19)15(14(20)12(10)18)25-26(22,23)6-1-2-7-8(21)3-4-24-9(7)5-6/h1-2,5,8,21H,3-4H2. The molecule has 0 aromatic heterocycles. The van der Waals surface area contributed by atoms with Gasteiger partial charge in [-0.25, -0.2) is 13.2 Å². The zero-order valence-corrected chi connectivity index (χ0v) is 13.4. The topological polar surface area (TPSA) is 72.8 Å². The van der Waals surface area contributed by atoms with Gasteiger partial charge < -0.3 is 14.0 Å². The fraction of sp³-hybridized carbons (Fsp3) is 0.200. The lowest BCUT2D eigenvalue weighted by Gasteiger charge is -2.22. The van der Waals surface area contributed by atoms with Crippen molar-refractivity contribution in [2.75, 3.05) is 6.61 Å². The van der Waals surface area contributed by atoms with Gasteiger partial charge >= 0.3 is 10.1 Å². The van der Waals surface area contributed by atoms with Crippen molar-refractivity contribution >= 4 is 10.1 Å². The van der Waals surface area contributed by atoms with Crippen molar-refractivity contribution in [3.05, 3.63) is 52.8 Å². The van der Waals surface area contributed by atoms with E-state index in [2.05, 4.69) is 4.18 Å². The van der Waals surface area contributed by atoms with Gasteiger partial charge in [0.1, 0.15) is 10.6 Å². The molecule has 5 nitrogen and oxygen atoms in total. The van der Waals surface area contributed by atoms with E-state index in [1.165, 1.54) is 6.07 Å². The first kappa shape index (κ1) is 18.4. The largest absolute Gasteiger partial charge is 0.493 e. The summed E-state index contributed by atoms with van der Waals surface area (Å²) in [5.74, 6) is -13.9. The molecule has 1 N–H and O–H groups in total. The third-order valence-electron chi connectivity index (χ3n) is 3.64. The van der Waals surface area contributed by atoms with Gasteiger partial charge in [-0.05, 0) is 6.07 Å². The number of benzene rings is 2. The van der Waals surface area contributed by atoms with Crippen LogP contribution in [0.3, 0.4) is 0 Å².